The van der Waals surface area contributed by atoms with Crippen molar-refractivity contribution in [1.29, 1.82) is 0 Å². The second kappa shape index (κ2) is 3.98. The molecule has 0 radical (unpaired) electrons. The first kappa shape index (κ1) is 11.8. The summed E-state index contributed by atoms with van der Waals surface area (Å²) >= 11 is 0. The lowest BCUT2D eigenvalue weighted by molar-refractivity contribution is -0.274. The molecule has 5 heteroatoms. The molecule has 0 aliphatic rings. The van der Waals surface area contributed by atoms with Crippen LogP contribution in [0.25, 0.3) is 10.9 Å². The van der Waals surface area contributed by atoms with E-state index in [-0.39, 0.29) is 5.75 Å². The van der Waals surface area contributed by atoms with Gasteiger partial charge in [0.05, 0.1) is 0 Å². The Balaban J connectivity index is 2.37. The Bertz CT molecular complexity index is 528. The third kappa shape index (κ3) is 2.72. The van der Waals surface area contributed by atoms with E-state index < -0.39 is 6.36 Å². The van der Waals surface area contributed by atoms with Gasteiger partial charge in [-0.25, -0.2) is 0 Å². The molecule has 0 amide bonds. The van der Waals surface area contributed by atoms with Crippen LogP contribution in [-0.2, 0) is 0 Å². The second-order valence-electron chi connectivity index (χ2n) is 4.18. The summed E-state index contributed by atoms with van der Waals surface area (Å²) in [5.41, 5.74) is 1.80. The summed E-state index contributed by atoms with van der Waals surface area (Å²) in [5, 5.41) is 0.718. The predicted molar refractivity (Wildman–Crippen MR) is 59.1 cm³/mol. The van der Waals surface area contributed by atoms with E-state index in [2.05, 4.69) is 9.72 Å². The number of rotatable bonds is 2. The van der Waals surface area contributed by atoms with Crippen LogP contribution in [0.5, 0.6) is 5.75 Å². The van der Waals surface area contributed by atoms with Crippen LogP contribution in [0.3, 0.4) is 0 Å². The van der Waals surface area contributed by atoms with E-state index in [1.54, 1.807) is 6.07 Å². The van der Waals surface area contributed by atoms with Crippen molar-refractivity contribution >= 4 is 10.9 Å². The zero-order valence-electron chi connectivity index (χ0n) is 9.43. The number of nitrogens with one attached hydrogen (secondary N) is 1. The van der Waals surface area contributed by atoms with Crippen molar-refractivity contribution in [2.45, 2.75) is 26.1 Å². The minimum absolute atomic E-state index is 0.195. The minimum Gasteiger partial charge on any atom is -0.406 e. The van der Waals surface area contributed by atoms with Gasteiger partial charge in [0.25, 0.3) is 0 Å². The van der Waals surface area contributed by atoms with Gasteiger partial charge in [0.1, 0.15) is 5.75 Å². The highest BCUT2D eigenvalue weighted by Gasteiger charge is 2.31. The van der Waals surface area contributed by atoms with Crippen molar-refractivity contribution in [1.82, 2.24) is 4.98 Å². The lowest BCUT2D eigenvalue weighted by Gasteiger charge is -2.08. The van der Waals surface area contributed by atoms with Gasteiger partial charge >= 0.3 is 6.36 Å². The van der Waals surface area contributed by atoms with E-state index >= 15 is 0 Å². The molecule has 2 aromatic rings. The first-order valence-electron chi connectivity index (χ1n) is 5.23. The van der Waals surface area contributed by atoms with Gasteiger partial charge in [-0.05, 0) is 30.2 Å². The standard InChI is InChI=1S/C12H12F3NO/c1-7(2)11-6-8-5-9(17-12(13,14)15)3-4-10(8)16-11/h3-7,16H,1-2H3. The Morgan fingerprint density at radius 2 is 1.88 bits per heavy atom. The monoisotopic (exact) mass is 243 g/mol. The number of H-pyrrole nitrogens is 1. The number of aromatic nitrogens is 1. The summed E-state index contributed by atoms with van der Waals surface area (Å²) in [6, 6.07) is 6.10. The van der Waals surface area contributed by atoms with Gasteiger partial charge in [0, 0.05) is 16.6 Å². The third-order valence-electron chi connectivity index (χ3n) is 2.47. The molecule has 0 spiro atoms. The number of aromatic amines is 1. The summed E-state index contributed by atoms with van der Waals surface area (Å²) < 4.78 is 40.0. The van der Waals surface area contributed by atoms with Crippen LogP contribution >= 0.6 is 0 Å². The molecule has 92 valence electrons. The zero-order chi connectivity index (χ0) is 12.6. The van der Waals surface area contributed by atoms with Crippen LogP contribution in [0.4, 0.5) is 13.2 Å². The van der Waals surface area contributed by atoms with Gasteiger partial charge in [-0.1, -0.05) is 13.8 Å². The maximum absolute atomic E-state index is 12.0. The molecule has 0 aliphatic carbocycles. The number of halogens is 3. The van der Waals surface area contributed by atoms with Crippen molar-refractivity contribution in [3.8, 4) is 5.75 Å². The fourth-order valence-corrected chi connectivity index (χ4v) is 1.64. The topological polar surface area (TPSA) is 25.0 Å². The molecule has 0 unspecified atom stereocenters. The first-order valence-corrected chi connectivity index (χ1v) is 5.23. The van der Waals surface area contributed by atoms with E-state index in [9.17, 15) is 13.2 Å². The summed E-state index contributed by atoms with van der Waals surface area (Å²) in [4.78, 5) is 3.15. The quantitative estimate of drug-likeness (QED) is 0.840. The Morgan fingerprint density at radius 3 is 2.47 bits per heavy atom. The number of alkyl halides is 3. The number of hydrogen-bond donors (Lipinski definition) is 1. The van der Waals surface area contributed by atoms with Gasteiger partial charge in [-0.15, -0.1) is 13.2 Å². The number of hydrogen-bond acceptors (Lipinski definition) is 1. The van der Waals surface area contributed by atoms with Crippen LogP contribution in [-0.4, -0.2) is 11.3 Å². The highest BCUT2D eigenvalue weighted by Crippen LogP contribution is 2.28. The van der Waals surface area contributed by atoms with E-state index in [4.69, 9.17) is 0 Å². The van der Waals surface area contributed by atoms with Gasteiger partial charge < -0.3 is 9.72 Å². The van der Waals surface area contributed by atoms with Crippen LogP contribution < -0.4 is 4.74 Å². The third-order valence-corrected chi connectivity index (χ3v) is 2.47. The van der Waals surface area contributed by atoms with E-state index in [1.807, 2.05) is 19.9 Å². The molecule has 1 aromatic heterocycles. The zero-order valence-corrected chi connectivity index (χ0v) is 9.43. The molecule has 1 heterocycles. The summed E-state index contributed by atoms with van der Waals surface area (Å²) in [6.07, 6.45) is -4.65. The average molecular weight is 243 g/mol. The lowest BCUT2D eigenvalue weighted by atomic mass is 10.1. The average Bonchev–Trinajstić information content (AvgIpc) is 2.57. The smallest absolute Gasteiger partial charge is 0.406 e. The van der Waals surface area contributed by atoms with Crippen molar-refractivity contribution in [2.24, 2.45) is 0 Å². The Morgan fingerprint density at radius 1 is 1.18 bits per heavy atom. The molecule has 0 aliphatic heterocycles. The Hall–Kier alpha value is -1.65. The largest absolute Gasteiger partial charge is 0.573 e. The molecule has 2 nitrogen and oxygen atoms in total. The Kier molecular flexibility index (Phi) is 2.77. The van der Waals surface area contributed by atoms with E-state index in [0.717, 1.165) is 16.6 Å². The molecule has 0 atom stereocenters. The van der Waals surface area contributed by atoms with Gasteiger partial charge in [-0.2, -0.15) is 0 Å². The molecule has 1 N–H and O–H groups in total. The fourth-order valence-electron chi connectivity index (χ4n) is 1.64. The van der Waals surface area contributed by atoms with Crippen molar-refractivity contribution in [3.05, 3.63) is 30.0 Å². The lowest BCUT2D eigenvalue weighted by Crippen LogP contribution is -2.16. The maximum Gasteiger partial charge on any atom is 0.573 e. The van der Waals surface area contributed by atoms with E-state index in [1.165, 1.54) is 12.1 Å². The summed E-state index contributed by atoms with van der Waals surface area (Å²) in [6.45, 7) is 4.02. The number of ether oxygens (including phenoxy) is 1. The molecule has 0 saturated carbocycles. The van der Waals surface area contributed by atoms with Gasteiger partial charge in [0.15, 0.2) is 0 Å². The molecule has 2 rings (SSSR count). The molecule has 17 heavy (non-hydrogen) atoms. The summed E-state index contributed by atoms with van der Waals surface area (Å²) in [5.74, 6) is 0.105. The summed E-state index contributed by atoms with van der Waals surface area (Å²) in [7, 11) is 0. The SMILES string of the molecule is CC(C)c1cc2cc(OC(F)(F)F)ccc2[nH]1. The number of fused-ring (bicyclic) bond motifs is 1. The van der Waals surface area contributed by atoms with Crippen LogP contribution in [0.15, 0.2) is 24.3 Å². The van der Waals surface area contributed by atoms with Crippen molar-refractivity contribution in [3.63, 3.8) is 0 Å². The van der Waals surface area contributed by atoms with Crippen molar-refractivity contribution in [2.75, 3.05) is 0 Å². The molecule has 0 bridgehead atoms. The van der Waals surface area contributed by atoms with Gasteiger partial charge in [-0.3, -0.25) is 0 Å². The maximum atomic E-state index is 12.0. The normalized spacial score (nSPS) is 12.4. The molecule has 0 saturated heterocycles. The highest BCUT2D eigenvalue weighted by atomic mass is 19.4. The predicted octanol–water partition coefficient (Wildman–Crippen LogP) is 4.19. The van der Waals surface area contributed by atoms with Gasteiger partial charge in [0.2, 0.25) is 0 Å². The van der Waals surface area contributed by atoms with Crippen LogP contribution in [0, 0.1) is 0 Å². The molecular weight excluding hydrogens is 231 g/mol. The highest BCUT2D eigenvalue weighted by molar-refractivity contribution is 5.82. The molecular formula is C12H12F3NO. The molecule has 0 fully saturated rings. The van der Waals surface area contributed by atoms with Crippen molar-refractivity contribution < 1.29 is 17.9 Å². The van der Waals surface area contributed by atoms with E-state index in [0.29, 0.717) is 5.92 Å². The molecule has 1 aromatic carbocycles. The fraction of sp³-hybridized carbons (Fsp3) is 0.333. The van der Waals surface area contributed by atoms with Crippen LogP contribution in [0.1, 0.15) is 25.5 Å². The Labute approximate surface area is 96.4 Å². The second-order valence-corrected chi connectivity index (χ2v) is 4.18. The van der Waals surface area contributed by atoms with Crippen LogP contribution in [0.2, 0.25) is 0 Å². The number of benzene rings is 1. The first-order chi connectivity index (χ1) is 7.85. The minimum atomic E-state index is -4.65.